The van der Waals surface area contributed by atoms with Crippen molar-refractivity contribution >= 4 is 15.5 Å². The predicted molar refractivity (Wildman–Crippen MR) is 109 cm³/mol. The highest BCUT2D eigenvalue weighted by Gasteiger charge is 2.17. The standard InChI is InChI=1S/C21H15N3O6S/c25-24(26)16-6-4-5-15(13-16)21-22-20(30-23-21)14-29-17-9-11-19(12-10-17)31(27,28)18-7-2-1-3-8-18/h1-13H,14H2. The summed E-state index contributed by atoms with van der Waals surface area (Å²) < 4.78 is 35.9. The molecule has 0 atom stereocenters. The normalized spacial score (nSPS) is 11.2. The van der Waals surface area contributed by atoms with Crippen LogP contribution in [0.5, 0.6) is 5.75 Å². The van der Waals surface area contributed by atoms with Gasteiger partial charge in [-0.15, -0.1) is 0 Å². The van der Waals surface area contributed by atoms with Crippen LogP contribution in [0.3, 0.4) is 0 Å². The number of nitro groups is 1. The minimum atomic E-state index is -3.60. The van der Waals surface area contributed by atoms with E-state index in [9.17, 15) is 18.5 Å². The summed E-state index contributed by atoms with van der Waals surface area (Å²) in [5, 5.41) is 14.7. The molecule has 0 aliphatic rings. The lowest BCUT2D eigenvalue weighted by molar-refractivity contribution is -0.384. The highest BCUT2D eigenvalue weighted by atomic mass is 32.2. The van der Waals surface area contributed by atoms with Crippen molar-refractivity contribution < 1.29 is 22.6 Å². The quantitative estimate of drug-likeness (QED) is 0.313. The summed E-state index contributed by atoms with van der Waals surface area (Å²) in [6, 6.07) is 20.0. The van der Waals surface area contributed by atoms with Crippen LogP contribution in [0.2, 0.25) is 0 Å². The molecule has 0 aliphatic heterocycles. The molecule has 0 bridgehead atoms. The van der Waals surface area contributed by atoms with Crippen molar-refractivity contribution in [2.75, 3.05) is 0 Å². The molecule has 0 spiro atoms. The van der Waals surface area contributed by atoms with E-state index in [-0.39, 0.29) is 33.8 Å². The molecule has 1 aromatic heterocycles. The van der Waals surface area contributed by atoms with Gasteiger partial charge in [-0.25, -0.2) is 8.42 Å². The second-order valence-electron chi connectivity index (χ2n) is 6.40. The maximum Gasteiger partial charge on any atom is 0.270 e. The van der Waals surface area contributed by atoms with Gasteiger partial charge in [0.25, 0.3) is 11.6 Å². The third-order valence-electron chi connectivity index (χ3n) is 4.33. The third-order valence-corrected chi connectivity index (χ3v) is 6.12. The summed E-state index contributed by atoms with van der Waals surface area (Å²) >= 11 is 0. The van der Waals surface area contributed by atoms with E-state index in [4.69, 9.17) is 9.26 Å². The summed E-state index contributed by atoms with van der Waals surface area (Å²) in [6.45, 7) is -0.0489. The molecule has 0 radical (unpaired) electrons. The van der Waals surface area contributed by atoms with Gasteiger partial charge in [0.15, 0.2) is 6.61 Å². The number of hydrogen-bond acceptors (Lipinski definition) is 8. The Labute approximate surface area is 177 Å². The highest BCUT2D eigenvalue weighted by molar-refractivity contribution is 7.91. The van der Waals surface area contributed by atoms with E-state index in [0.29, 0.717) is 11.3 Å². The molecule has 3 aromatic carbocycles. The van der Waals surface area contributed by atoms with Crippen molar-refractivity contribution in [3.8, 4) is 17.1 Å². The minimum absolute atomic E-state index is 0.0489. The molecule has 0 aliphatic carbocycles. The van der Waals surface area contributed by atoms with E-state index in [1.807, 2.05) is 0 Å². The molecule has 1 heterocycles. The largest absolute Gasteiger partial charge is 0.484 e. The summed E-state index contributed by atoms with van der Waals surface area (Å²) in [5.74, 6) is 0.788. The second-order valence-corrected chi connectivity index (χ2v) is 8.35. The van der Waals surface area contributed by atoms with Gasteiger partial charge in [-0.1, -0.05) is 35.5 Å². The molecular formula is C21H15N3O6S. The van der Waals surface area contributed by atoms with Crippen molar-refractivity contribution in [1.82, 2.24) is 10.1 Å². The van der Waals surface area contributed by atoms with Gasteiger partial charge in [0.1, 0.15) is 5.75 Å². The van der Waals surface area contributed by atoms with Crippen LogP contribution in [-0.4, -0.2) is 23.5 Å². The number of benzene rings is 3. The number of nitro benzene ring substituents is 1. The lowest BCUT2D eigenvalue weighted by Gasteiger charge is -2.06. The van der Waals surface area contributed by atoms with Gasteiger partial charge >= 0.3 is 0 Å². The average Bonchev–Trinajstić information content (AvgIpc) is 3.28. The highest BCUT2D eigenvalue weighted by Crippen LogP contribution is 2.24. The number of nitrogens with zero attached hydrogens (tertiary/aromatic N) is 3. The number of sulfone groups is 1. The number of rotatable bonds is 7. The maximum absolute atomic E-state index is 12.6. The molecule has 9 nitrogen and oxygen atoms in total. The Balaban J connectivity index is 1.44. The molecule has 156 valence electrons. The van der Waals surface area contributed by atoms with Gasteiger partial charge in [-0.3, -0.25) is 10.1 Å². The molecule has 4 aromatic rings. The van der Waals surface area contributed by atoms with E-state index in [1.54, 1.807) is 24.3 Å². The first kappa shape index (κ1) is 20.2. The molecule has 0 unspecified atom stereocenters. The van der Waals surface area contributed by atoms with Crippen LogP contribution in [0.15, 0.2) is 93.2 Å². The summed E-state index contributed by atoms with van der Waals surface area (Å²) in [4.78, 5) is 14.9. The first-order valence-corrected chi connectivity index (χ1v) is 10.5. The van der Waals surface area contributed by atoms with Gasteiger partial charge in [-0.2, -0.15) is 4.98 Å². The van der Waals surface area contributed by atoms with Crippen LogP contribution in [0.25, 0.3) is 11.4 Å². The fraction of sp³-hybridized carbons (Fsp3) is 0.0476. The summed E-state index contributed by atoms with van der Waals surface area (Å²) in [6.07, 6.45) is 0. The second kappa shape index (κ2) is 8.36. The molecule has 0 fully saturated rings. The Kier molecular flexibility index (Phi) is 5.46. The summed E-state index contributed by atoms with van der Waals surface area (Å²) in [7, 11) is -3.60. The Morgan fingerprint density at radius 2 is 1.65 bits per heavy atom. The van der Waals surface area contributed by atoms with E-state index < -0.39 is 14.8 Å². The Morgan fingerprint density at radius 1 is 0.935 bits per heavy atom. The smallest absolute Gasteiger partial charge is 0.270 e. The molecule has 31 heavy (non-hydrogen) atoms. The van der Waals surface area contributed by atoms with Gasteiger partial charge in [0.2, 0.25) is 15.7 Å². The molecular weight excluding hydrogens is 422 g/mol. The number of non-ortho nitro benzene ring substituents is 1. The Hall–Kier alpha value is -4.05. The van der Waals surface area contributed by atoms with Crippen LogP contribution in [0.1, 0.15) is 5.89 Å². The lowest BCUT2D eigenvalue weighted by atomic mass is 10.2. The van der Waals surface area contributed by atoms with Crippen LogP contribution in [0, 0.1) is 10.1 Å². The van der Waals surface area contributed by atoms with Gasteiger partial charge in [-0.05, 0) is 36.4 Å². The van der Waals surface area contributed by atoms with Crippen molar-refractivity contribution in [2.24, 2.45) is 0 Å². The lowest BCUT2D eigenvalue weighted by Crippen LogP contribution is -2.02. The van der Waals surface area contributed by atoms with Gasteiger partial charge in [0, 0.05) is 17.7 Å². The fourth-order valence-corrected chi connectivity index (χ4v) is 4.07. The number of hydrogen-bond donors (Lipinski definition) is 0. The summed E-state index contributed by atoms with van der Waals surface area (Å²) in [5.41, 5.74) is 0.366. The molecule has 0 N–H and O–H groups in total. The van der Waals surface area contributed by atoms with E-state index in [0.717, 1.165) is 0 Å². The van der Waals surface area contributed by atoms with E-state index in [2.05, 4.69) is 10.1 Å². The van der Waals surface area contributed by atoms with Crippen molar-refractivity contribution in [3.05, 3.63) is 94.9 Å². The number of ether oxygens (including phenoxy) is 1. The van der Waals surface area contributed by atoms with E-state index in [1.165, 1.54) is 54.6 Å². The Morgan fingerprint density at radius 3 is 2.35 bits per heavy atom. The predicted octanol–water partition coefficient (Wildman–Crippen LogP) is 4.06. The zero-order chi connectivity index (χ0) is 21.8. The van der Waals surface area contributed by atoms with Crippen molar-refractivity contribution in [3.63, 3.8) is 0 Å². The monoisotopic (exact) mass is 437 g/mol. The van der Waals surface area contributed by atoms with E-state index >= 15 is 0 Å². The Bertz CT molecular complexity index is 1320. The van der Waals surface area contributed by atoms with Gasteiger partial charge in [0.05, 0.1) is 14.7 Å². The average molecular weight is 437 g/mol. The molecule has 0 saturated heterocycles. The maximum atomic E-state index is 12.6. The van der Waals surface area contributed by atoms with Crippen molar-refractivity contribution in [2.45, 2.75) is 16.4 Å². The fourth-order valence-electron chi connectivity index (χ4n) is 2.79. The topological polar surface area (TPSA) is 125 Å². The first-order chi connectivity index (χ1) is 14.9. The van der Waals surface area contributed by atoms with Crippen LogP contribution in [-0.2, 0) is 16.4 Å². The van der Waals surface area contributed by atoms with Crippen LogP contribution >= 0.6 is 0 Å². The molecule has 0 saturated carbocycles. The zero-order valence-corrected chi connectivity index (χ0v) is 16.7. The third kappa shape index (κ3) is 4.43. The van der Waals surface area contributed by atoms with Crippen molar-refractivity contribution in [1.29, 1.82) is 0 Å². The minimum Gasteiger partial charge on any atom is -0.484 e. The molecule has 4 rings (SSSR count). The van der Waals surface area contributed by atoms with Crippen LogP contribution < -0.4 is 4.74 Å². The van der Waals surface area contributed by atoms with Crippen LogP contribution in [0.4, 0.5) is 5.69 Å². The SMILES string of the molecule is O=[N+]([O-])c1cccc(-c2noc(COc3ccc(S(=O)(=O)c4ccccc4)cc3)n2)c1. The zero-order valence-electron chi connectivity index (χ0n) is 15.9. The molecule has 10 heteroatoms. The first-order valence-electron chi connectivity index (χ1n) is 9.04. The van der Waals surface area contributed by atoms with Gasteiger partial charge < -0.3 is 9.26 Å². The molecule has 0 amide bonds. The number of aromatic nitrogens is 2.